The molecule has 1 aliphatic heterocycles. The summed E-state index contributed by atoms with van der Waals surface area (Å²) in [4.78, 5) is 26.2. The number of phenolic OH excluding ortho intramolecular Hbond substituents is 1. The normalized spacial score (nSPS) is 15.0. The molecule has 0 bridgehead atoms. The number of amides is 2. The summed E-state index contributed by atoms with van der Waals surface area (Å²) >= 11 is 0. The minimum Gasteiger partial charge on any atom is -0.507 e. The van der Waals surface area contributed by atoms with Crippen molar-refractivity contribution < 1.29 is 23.1 Å². The summed E-state index contributed by atoms with van der Waals surface area (Å²) < 4.78 is 27.0. The van der Waals surface area contributed by atoms with Crippen molar-refractivity contribution in [2.24, 2.45) is 0 Å². The Morgan fingerprint density at radius 2 is 1.55 bits per heavy atom. The smallest absolute Gasteiger partial charge is 0.251 e. The minimum atomic E-state index is -3.86. The molecular formula is C22H27N3O5S. The second-order valence-corrected chi connectivity index (χ2v) is 9.72. The Kier molecular flexibility index (Phi) is 6.66. The molecule has 2 N–H and O–H groups in total. The summed E-state index contributed by atoms with van der Waals surface area (Å²) in [6.45, 7) is 6.06. The number of carbonyl (C=O) groups excluding carboxylic acids is 2. The molecule has 2 aromatic rings. The van der Waals surface area contributed by atoms with E-state index in [2.05, 4.69) is 5.32 Å². The SMILES string of the molecule is Cc1cc(C)cc(C(=O)NCC(=O)N2CCN(S(=O)(=O)c3cc(C)ccc3O)CC2)c1. The summed E-state index contributed by atoms with van der Waals surface area (Å²) in [6.07, 6.45) is 0. The Labute approximate surface area is 182 Å². The Morgan fingerprint density at radius 3 is 2.16 bits per heavy atom. The second-order valence-electron chi connectivity index (χ2n) is 7.82. The zero-order valence-corrected chi connectivity index (χ0v) is 18.7. The average molecular weight is 446 g/mol. The molecule has 0 aliphatic carbocycles. The van der Waals surface area contributed by atoms with Crippen LogP contribution in [0.15, 0.2) is 41.3 Å². The van der Waals surface area contributed by atoms with Gasteiger partial charge in [-0.15, -0.1) is 0 Å². The van der Waals surface area contributed by atoms with Crippen LogP contribution in [0, 0.1) is 20.8 Å². The van der Waals surface area contributed by atoms with E-state index in [9.17, 15) is 23.1 Å². The van der Waals surface area contributed by atoms with Gasteiger partial charge in [-0.3, -0.25) is 9.59 Å². The molecule has 0 aromatic heterocycles. The van der Waals surface area contributed by atoms with Crippen molar-refractivity contribution in [2.45, 2.75) is 25.7 Å². The van der Waals surface area contributed by atoms with Gasteiger partial charge in [-0.1, -0.05) is 23.3 Å². The van der Waals surface area contributed by atoms with Crippen LogP contribution >= 0.6 is 0 Å². The molecule has 1 fully saturated rings. The maximum absolute atomic E-state index is 12.9. The first-order chi connectivity index (χ1) is 14.6. The molecule has 0 unspecified atom stereocenters. The summed E-state index contributed by atoms with van der Waals surface area (Å²) in [6, 6.07) is 9.92. The summed E-state index contributed by atoms with van der Waals surface area (Å²) in [5, 5.41) is 12.6. The van der Waals surface area contributed by atoms with Gasteiger partial charge in [0.2, 0.25) is 15.9 Å². The number of sulfonamides is 1. The van der Waals surface area contributed by atoms with Crippen molar-refractivity contribution in [3.05, 3.63) is 58.7 Å². The van der Waals surface area contributed by atoms with Crippen molar-refractivity contribution in [3.8, 4) is 5.75 Å². The number of hydrogen-bond donors (Lipinski definition) is 2. The van der Waals surface area contributed by atoms with E-state index in [0.29, 0.717) is 5.56 Å². The highest BCUT2D eigenvalue weighted by Gasteiger charge is 2.31. The number of carbonyl (C=O) groups is 2. The monoisotopic (exact) mass is 445 g/mol. The van der Waals surface area contributed by atoms with E-state index in [1.54, 1.807) is 25.1 Å². The van der Waals surface area contributed by atoms with Crippen LogP contribution < -0.4 is 5.32 Å². The van der Waals surface area contributed by atoms with Crippen LogP contribution in [-0.2, 0) is 14.8 Å². The first-order valence-electron chi connectivity index (χ1n) is 10.0. The molecule has 9 heteroatoms. The van der Waals surface area contributed by atoms with Crippen LogP contribution in [0.3, 0.4) is 0 Å². The van der Waals surface area contributed by atoms with Gasteiger partial charge in [-0.2, -0.15) is 4.31 Å². The molecule has 1 heterocycles. The molecule has 0 saturated carbocycles. The standard InChI is InChI=1S/C22H27N3O5S/c1-15-4-5-19(26)20(13-15)31(29,30)25-8-6-24(7-9-25)21(27)14-23-22(28)18-11-16(2)10-17(3)12-18/h4-5,10-13,26H,6-9,14H2,1-3H3,(H,23,28). The van der Waals surface area contributed by atoms with Crippen molar-refractivity contribution in [3.63, 3.8) is 0 Å². The van der Waals surface area contributed by atoms with Crippen LogP contribution in [0.2, 0.25) is 0 Å². The van der Waals surface area contributed by atoms with Crippen molar-refractivity contribution in [1.82, 2.24) is 14.5 Å². The number of nitrogens with zero attached hydrogens (tertiary/aromatic N) is 2. The van der Waals surface area contributed by atoms with Crippen molar-refractivity contribution >= 4 is 21.8 Å². The van der Waals surface area contributed by atoms with Gasteiger partial charge in [-0.25, -0.2) is 8.42 Å². The average Bonchev–Trinajstić information content (AvgIpc) is 2.72. The van der Waals surface area contributed by atoms with E-state index in [1.807, 2.05) is 19.9 Å². The molecule has 2 amide bonds. The summed E-state index contributed by atoms with van der Waals surface area (Å²) in [5.74, 6) is -0.886. The van der Waals surface area contributed by atoms with Gasteiger partial charge in [0, 0.05) is 31.7 Å². The van der Waals surface area contributed by atoms with Crippen LogP contribution in [-0.4, -0.2) is 67.3 Å². The first kappa shape index (κ1) is 22.8. The number of aromatic hydroxyl groups is 1. The third-order valence-corrected chi connectivity index (χ3v) is 7.14. The molecule has 0 atom stereocenters. The Bertz CT molecular complexity index is 1090. The van der Waals surface area contributed by atoms with E-state index in [1.165, 1.54) is 21.3 Å². The Morgan fingerprint density at radius 1 is 0.935 bits per heavy atom. The van der Waals surface area contributed by atoms with Crippen LogP contribution in [0.1, 0.15) is 27.0 Å². The lowest BCUT2D eigenvalue weighted by atomic mass is 10.1. The summed E-state index contributed by atoms with van der Waals surface area (Å²) in [7, 11) is -3.86. The lowest BCUT2D eigenvalue weighted by molar-refractivity contribution is -0.131. The molecular weight excluding hydrogens is 418 g/mol. The molecule has 31 heavy (non-hydrogen) atoms. The van der Waals surface area contributed by atoms with Gasteiger partial charge in [0.15, 0.2) is 0 Å². The molecule has 0 radical (unpaired) electrons. The number of piperazine rings is 1. The van der Waals surface area contributed by atoms with Gasteiger partial charge in [-0.05, 0) is 50.6 Å². The first-order valence-corrected chi connectivity index (χ1v) is 11.5. The fourth-order valence-electron chi connectivity index (χ4n) is 3.62. The zero-order chi connectivity index (χ0) is 22.8. The van der Waals surface area contributed by atoms with Crippen LogP contribution in [0.5, 0.6) is 5.75 Å². The number of hydrogen-bond acceptors (Lipinski definition) is 5. The Hall–Kier alpha value is -2.91. The third kappa shape index (κ3) is 5.23. The second kappa shape index (κ2) is 9.07. The largest absolute Gasteiger partial charge is 0.507 e. The van der Waals surface area contributed by atoms with Crippen molar-refractivity contribution in [1.29, 1.82) is 0 Å². The maximum atomic E-state index is 12.9. The number of rotatable bonds is 5. The molecule has 8 nitrogen and oxygen atoms in total. The molecule has 0 spiro atoms. The quantitative estimate of drug-likeness (QED) is 0.727. The van der Waals surface area contributed by atoms with E-state index in [-0.39, 0.29) is 55.2 Å². The van der Waals surface area contributed by atoms with Gasteiger partial charge < -0.3 is 15.3 Å². The van der Waals surface area contributed by atoms with Gasteiger partial charge in [0.1, 0.15) is 10.6 Å². The van der Waals surface area contributed by atoms with Crippen LogP contribution in [0.4, 0.5) is 0 Å². The minimum absolute atomic E-state index is 0.118. The van der Waals surface area contributed by atoms with Crippen molar-refractivity contribution in [2.75, 3.05) is 32.7 Å². The number of nitrogens with one attached hydrogen (secondary N) is 1. The fraction of sp³-hybridized carbons (Fsp3) is 0.364. The van der Waals surface area contributed by atoms with Gasteiger partial charge in [0.25, 0.3) is 5.91 Å². The Balaban J connectivity index is 1.57. The highest BCUT2D eigenvalue weighted by Crippen LogP contribution is 2.27. The zero-order valence-electron chi connectivity index (χ0n) is 17.9. The number of benzene rings is 2. The molecule has 166 valence electrons. The highest BCUT2D eigenvalue weighted by atomic mass is 32.2. The number of aryl methyl sites for hydroxylation is 3. The third-order valence-electron chi connectivity index (χ3n) is 5.21. The molecule has 1 saturated heterocycles. The maximum Gasteiger partial charge on any atom is 0.251 e. The van der Waals surface area contributed by atoms with Crippen LogP contribution in [0.25, 0.3) is 0 Å². The highest BCUT2D eigenvalue weighted by molar-refractivity contribution is 7.89. The lowest BCUT2D eigenvalue weighted by Crippen LogP contribution is -2.52. The molecule has 3 rings (SSSR count). The lowest BCUT2D eigenvalue weighted by Gasteiger charge is -2.34. The molecule has 2 aromatic carbocycles. The van der Waals surface area contributed by atoms with E-state index < -0.39 is 10.0 Å². The fourth-order valence-corrected chi connectivity index (χ4v) is 5.21. The van der Waals surface area contributed by atoms with E-state index in [0.717, 1.165) is 16.7 Å². The summed E-state index contributed by atoms with van der Waals surface area (Å²) in [5.41, 5.74) is 3.16. The number of phenols is 1. The van der Waals surface area contributed by atoms with E-state index in [4.69, 9.17) is 0 Å². The van der Waals surface area contributed by atoms with Gasteiger partial charge >= 0.3 is 0 Å². The topological polar surface area (TPSA) is 107 Å². The predicted octanol–water partition coefficient (Wildman–Crippen LogP) is 1.58. The van der Waals surface area contributed by atoms with Gasteiger partial charge in [0.05, 0.1) is 6.54 Å². The van der Waals surface area contributed by atoms with E-state index >= 15 is 0 Å². The molecule has 1 aliphatic rings. The predicted molar refractivity (Wildman–Crippen MR) is 116 cm³/mol.